The minimum absolute atomic E-state index is 0.0257. The van der Waals surface area contributed by atoms with Crippen LogP contribution in [-0.2, 0) is 11.2 Å². The van der Waals surface area contributed by atoms with Gasteiger partial charge in [0.25, 0.3) is 0 Å². The van der Waals surface area contributed by atoms with E-state index in [0.717, 1.165) is 6.20 Å². The quantitative estimate of drug-likeness (QED) is 0.922. The molecule has 1 heterocycles. The number of carbonyl (C=O) groups excluding carboxylic acids is 1. The highest BCUT2D eigenvalue weighted by Crippen LogP contribution is 2.21. The van der Waals surface area contributed by atoms with Gasteiger partial charge in [-0.05, 0) is 12.1 Å². The minimum atomic E-state index is -2.98. The normalized spacial score (nSPS) is 10.5. The predicted octanol–water partition coefficient (Wildman–Crippen LogP) is 3.00. The van der Waals surface area contributed by atoms with Crippen molar-refractivity contribution in [3.63, 3.8) is 0 Å². The fourth-order valence-electron chi connectivity index (χ4n) is 1.70. The molecule has 0 aliphatic carbocycles. The first kappa shape index (κ1) is 14.8. The van der Waals surface area contributed by atoms with Crippen molar-refractivity contribution in [3.05, 3.63) is 54.1 Å². The van der Waals surface area contributed by atoms with E-state index in [0.29, 0.717) is 0 Å². The Balaban J connectivity index is 2.08. The molecule has 2 rings (SSSR count). The van der Waals surface area contributed by atoms with Crippen molar-refractivity contribution in [3.8, 4) is 5.75 Å². The van der Waals surface area contributed by atoms with Crippen molar-refractivity contribution in [2.45, 2.75) is 13.0 Å². The van der Waals surface area contributed by atoms with Gasteiger partial charge in [0.1, 0.15) is 5.75 Å². The summed E-state index contributed by atoms with van der Waals surface area (Å²) in [5.41, 5.74) is 0.257. The van der Waals surface area contributed by atoms with Gasteiger partial charge in [0.15, 0.2) is 5.82 Å². The number of amides is 1. The van der Waals surface area contributed by atoms with Crippen LogP contribution in [0.2, 0.25) is 0 Å². The zero-order chi connectivity index (χ0) is 15.2. The molecule has 1 N–H and O–H groups in total. The summed E-state index contributed by atoms with van der Waals surface area (Å²) >= 11 is 0. The molecule has 0 fully saturated rings. The van der Waals surface area contributed by atoms with Gasteiger partial charge in [0.2, 0.25) is 5.91 Å². The molecule has 110 valence electrons. The smallest absolute Gasteiger partial charge is 0.387 e. The van der Waals surface area contributed by atoms with Gasteiger partial charge in [0, 0.05) is 11.8 Å². The van der Waals surface area contributed by atoms with Crippen LogP contribution in [0.15, 0.2) is 42.7 Å². The number of hydrogen-bond donors (Lipinski definition) is 1. The minimum Gasteiger partial charge on any atom is -0.435 e. The molecule has 2 aromatic rings. The van der Waals surface area contributed by atoms with E-state index in [1.54, 1.807) is 6.07 Å². The molecule has 7 heteroatoms. The molecule has 0 aliphatic rings. The Morgan fingerprint density at radius 2 is 2.05 bits per heavy atom. The number of halogens is 3. The Hall–Kier alpha value is -2.57. The predicted molar refractivity (Wildman–Crippen MR) is 69.6 cm³/mol. The number of rotatable bonds is 5. The number of para-hydroxylation sites is 1. The maximum atomic E-state index is 13.3. The topological polar surface area (TPSA) is 51.2 Å². The fraction of sp³-hybridized carbons (Fsp3) is 0.143. The number of alkyl halides is 2. The Bertz CT molecular complexity index is 635. The summed E-state index contributed by atoms with van der Waals surface area (Å²) in [4.78, 5) is 15.4. The molecule has 1 amide bonds. The molecule has 0 spiro atoms. The third kappa shape index (κ3) is 4.20. The highest BCUT2D eigenvalue weighted by atomic mass is 19.3. The van der Waals surface area contributed by atoms with E-state index in [-0.39, 0.29) is 23.4 Å². The second-order valence-corrected chi connectivity index (χ2v) is 4.07. The molecule has 0 aliphatic heterocycles. The van der Waals surface area contributed by atoms with Gasteiger partial charge in [-0.1, -0.05) is 18.2 Å². The lowest BCUT2D eigenvalue weighted by atomic mass is 10.1. The van der Waals surface area contributed by atoms with Gasteiger partial charge in [-0.25, -0.2) is 4.39 Å². The Labute approximate surface area is 118 Å². The lowest BCUT2D eigenvalue weighted by Gasteiger charge is -2.11. The van der Waals surface area contributed by atoms with E-state index >= 15 is 0 Å². The zero-order valence-electron chi connectivity index (χ0n) is 10.7. The summed E-state index contributed by atoms with van der Waals surface area (Å²) < 4.78 is 42.2. The van der Waals surface area contributed by atoms with E-state index in [1.165, 1.54) is 30.5 Å². The van der Waals surface area contributed by atoms with Crippen molar-refractivity contribution >= 4 is 11.6 Å². The highest BCUT2D eigenvalue weighted by Gasteiger charge is 2.13. The van der Waals surface area contributed by atoms with E-state index in [2.05, 4.69) is 15.0 Å². The molecule has 0 saturated heterocycles. The lowest BCUT2D eigenvalue weighted by molar-refractivity contribution is -0.115. The van der Waals surface area contributed by atoms with Crippen LogP contribution in [0.25, 0.3) is 0 Å². The molecule has 0 atom stereocenters. The molecule has 0 unspecified atom stereocenters. The van der Waals surface area contributed by atoms with E-state index in [1.807, 2.05) is 0 Å². The second kappa shape index (κ2) is 6.74. The van der Waals surface area contributed by atoms with Crippen molar-refractivity contribution in [2.24, 2.45) is 0 Å². The molecular weight excluding hydrogens is 285 g/mol. The average Bonchev–Trinajstić information content (AvgIpc) is 2.43. The summed E-state index contributed by atoms with van der Waals surface area (Å²) in [6, 6.07) is 7.23. The number of nitrogens with zero attached hydrogens (tertiary/aromatic N) is 1. The Morgan fingerprint density at radius 1 is 1.29 bits per heavy atom. The van der Waals surface area contributed by atoms with Crippen molar-refractivity contribution in [1.29, 1.82) is 0 Å². The van der Waals surface area contributed by atoms with E-state index in [4.69, 9.17) is 0 Å². The second-order valence-electron chi connectivity index (χ2n) is 4.07. The number of carbonyl (C=O) groups is 1. The van der Waals surface area contributed by atoms with Gasteiger partial charge in [-0.3, -0.25) is 9.78 Å². The molecule has 1 aromatic carbocycles. The molecular formula is C14H11F3N2O2. The van der Waals surface area contributed by atoms with Crippen molar-refractivity contribution in [1.82, 2.24) is 4.98 Å². The van der Waals surface area contributed by atoms with Gasteiger partial charge in [-0.2, -0.15) is 8.78 Å². The van der Waals surface area contributed by atoms with Crippen LogP contribution < -0.4 is 10.1 Å². The third-order valence-corrected chi connectivity index (χ3v) is 2.59. The number of benzene rings is 1. The Kier molecular flexibility index (Phi) is 4.76. The van der Waals surface area contributed by atoms with Crippen LogP contribution in [-0.4, -0.2) is 17.5 Å². The summed E-state index contributed by atoms with van der Waals surface area (Å²) in [5, 5.41) is 2.34. The number of pyridine rings is 1. The fourth-order valence-corrected chi connectivity index (χ4v) is 1.70. The molecule has 1 aromatic heterocycles. The first-order chi connectivity index (χ1) is 10.1. The number of hydrogen-bond acceptors (Lipinski definition) is 3. The maximum Gasteiger partial charge on any atom is 0.387 e. The average molecular weight is 296 g/mol. The van der Waals surface area contributed by atoms with Crippen LogP contribution in [0.5, 0.6) is 5.75 Å². The Morgan fingerprint density at radius 3 is 2.76 bits per heavy atom. The number of nitrogens with one attached hydrogen (secondary N) is 1. The van der Waals surface area contributed by atoms with E-state index in [9.17, 15) is 18.0 Å². The maximum absolute atomic E-state index is 13.3. The highest BCUT2D eigenvalue weighted by molar-refractivity contribution is 5.92. The monoisotopic (exact) mass is 296 g/mol. The molecule has 4 nitrogen and oxygen atoms in total. The third-order valence-electron chi connectivity index (χ3n) is 2.59. The van der Waals surface area contributed by atoms with Gasteiger partial charge >= 0.3 is 6.61 Å². The summed E-state index contributed by atoms with van der Waals surface area (Å²) in [5.74, 6) is -1.31. The largest absolute Gasteiger partial charge is 0.435 e. The van der Waals surface area contributed by atoms with Gasteiger partial charge in [0.05, 0.1) is 18.3 Å². The van der Waals surface area contributed by atoms with Gasteiger partial charge < -0.3 is 10.1 Å². The zero-order valence-corrected chi connectivity index (χ0v) is 10.7. The van der Waals surface area contributed by atoms with Crippen molar-refractivity contribution < 1.29 is 22.7 Å². The number of anilines is 1. The standard InChI is InChI=1S/C14H11F3N2O2/c15-10-8-18-6-5-11(10)19-13(20)7-9-3-1-2-4-12(9)21-14(16)17/h1-6,8,14H,7H2,(H,18,19,20). The molecule has 0 bridgehead atoms. The number of ether oxygens (including phenoxy) is 1. The van der Waals surface area contributed by atoms with Gasteiger partial charge in [-0.15, -0.1) is 0 Å². The lowest BCUT2D eigenvalue weighted by Crippen LogP contribution is -2.16. The molecule has 0 radical (unpaired) electrons. The van der Waals surface area contributed by atoms with Crippen LogP contribution in [0.1, 0.15) is 5.56 Å². The van der Waals surface area contributed by atoms with Crippen LogP contribution in [0.3, 0.4) is 0 Å². The van der Waals surface area contributed by atoms with Crippen LogP contribution in [0.4, 0.5) is 18.9 Å². The summed E-state index contributed by atoms with van der Waals surface area (Å²) in [7, 11) is 0. The van der Waals surface area contributed by atoms with Crippen LogP contribution >= 0.6 is 0 Å². The first-order valence-corrected chi connectivity index (χ1v) is 5.98. The molecule has 0 saturated carbocycles. The first-order valence-electron chi connectivity index (χ1n) is 5.98. The summed E-state index contributed by atoms with van der Waals surface area (Å²) in [6.07, 6.45) is 2.07. The SMILES string of the molecule is O=C(Cc1ccccc1OC(F)F)Nc1ccncc1F. The molecule has 21 heavy (non-hydrogen) atoms. The van der Waals surface area contributed by atoms with Crippen LogP contribution in [0, 0.1) is 5.82 Å². The van der Waals surface area contributed by atoms with E-state index < -0.39 is 18.3 Å². The number of aromatic nitrogens is 1. The summed E-state index contributed by atoms with van der Waals surface area (Å²) in [6.45, 7) is -2.98. The van der Waals surface area contributed by atoms with Crippen molar-refractivity contribution in [2.75, 3.05) is 5.32 Å².